The third-order valence-corrected chi connectivity index (χ3v) is 2.83. The second-order valence-electron chi connectivity index (χ2n) is 4.94. The van der Waals surface area contributed by atoms with Crippen LogP contribution in [0.4, 0.5) is 0 Å². The van der Waals surface area contributed by atoms with Gasteiger partial charge in [0, 0.05) is 6.61 Å². The highest BCUT2D eigenvalue weighted by molar-refractivity contribution is 7.45. The van der Waals surface area contributed by atoms with Crippen LogP contribution in [0.1, 0.15) is 71.1 Å². The van der Waals surface area contributed by atoms with E-state index in [0.29, 0.717) is 0 Å². The summed E-state index contributed by atoms with van der Waals surface area (Å²) in [6, 6.07) is 0. The summed E-state index contributed by atoms with van der Waals surface area (Å²) in [5.41, 5.74) is 0. The average Bonchev–Trinajstić information content (AvgIpc) is 2.38. The van der Waals surface area contributed by atoms with Gasteiger partial charge in [0.1, 0.15) is 12.9 Å². The molecule has 0 saturated heterocycles. The van der Waals surface area contributed by atoms with Crippen LogP contribution in [0.2, 0.25) is 0 Å². The number of rotatable bonds is 13. The molecule has 0 atom stereocenters. The summed E-state index contributed by atoms with van der Waals surface area (Å²) in [6.45, 7) is 3.26. The molecule has 0 aliphatic carbocycles. The molecule has 0 aliphatic heterocycles. The number of hydrogen-bond acceptors (Lipinski definition) is 3. The molecule has 7 heteroatoms. The van der Waals surface area contributed by atoms with Crippen LogP contribution in [0, 0.1) is 0 Å². The van der Waals surface area contributed by atoms with Crippen LogP contribution >= 0.6 is 7.82 Å². The number of unbranched alkanes of at least 4 members (excludes halogenated alkanes) is 9. The van der Waals surface area contributed by atoms with Crippen LogP contribution < -0.4 is 0 Å². The Labute approximate surface area is 128 Å². The van der Waals surface area contributed by atoms with Crippen molar-refractivity contribution in [3.8, 4) is 0 Å². The van der Waals surface area contributed by atoms with Crippen LogP contribution in [0.3, 0.4) is 0 Å². The number of ether oxygens (including phenoxy) is 1. The predicted molar refractivity (Wildman–Crippen MR) is 83.0 cm³/mol. The predicted octanol–water partition coefficient (Wildman–Crippen LogP) is 3.19. The fraction of sp³-hybridized carbons (Fsp3) is 0.929. The molecule has 0 aromatic carbocycles. The summed E-state index contributed by atoms with van der Waals surface area (Å²) in [7, 11) is -4.64. The first-order valence-electron chi connectivity index (χ1n) is 7.71. The van der Waals surface area contributed by atoms with Crippen molar-refractivity contribution in [3.63, 3.8) is 0 Å². The van der Waals surface area contributed by atoms with Gasteiger partial charge in [-0.2, -0.15) is 0 Å². The minimum atomic E-state index is -4.64. The van der Waals surface area contributed by atoms with Crippen LogP contribution in [0.5, 0.6) is 0 Å². The lowest BCUT2D eigenvalue weighted by molar-refractivity contribution is -0.111. The Morgan fingerprint density at radius 3 is 1.62 bits per heavy atom. The van der Waals surface area contributed by atoms with Gasteiger partial charge in [0.05, 0.1) is 0 Å². The van der Waals surface area contributed by atoms with E-state index < -0.39 is 7.82 Å². The summed E-state index contributed by atoms with van der Waals surface area (Å²) in [4.78, 5) is 31.5. The third kappa shape index (κ3) is 38.3. The van der Waals surface area contributed by atoms with Gasteiger partial charge in [0.15, 0.2) is 0 Å². The maximum atomic E-state index is 9.96. The van der Waals surface area contributed by atoms with Gasteiger partial charge >= 0.3 is 7.82 Å². The highest BCUT2D eigenvalue weighted by atomic mass is 31.2. The molecular formula is C14H31O6P. The van der Waals surface area contributed by atoms with Gasteiger partial charge < -0.3 is 24.2 Å². The zero-order valence-electron chi connectivity index (χ0n) is 13.1. The van der Waals surface area contributed by atoms with E-state index in [4.69, 9.17) is 24.0 Å². The monoisotopic (exact) mass is 326 g/mol. The number of carbonyl (C=O) groups is 1. The van der Waals surface area contributed by atoms with Gasteiger partial charge in [0.2, 0.25) is 0 Å². The maximum absolute atomic E-state index is 9.96. The van der Waals surface area contributed by atoms with E-state index in [1.54, 1.807) is 0 Å². The highest BCUT2D eigenvalue weighted by Crippen LogP contribution is 2.25. The van der Waals surface area contributed by atoms with Crippen molar-refractivity contribution < 1.29 is 28.8 Å². The van der Waals surface area contributed by atoms with Gasteiger partial charge in [-0.1, -0.05) is 64.7 Å². The second-order valence-corrected chi connectivity index (χ2v) is 5.96. The Hall–Kier alpha value is -0.260. The molecule has 0 heterocycles. The molecule has 128 valence electrons. The van der Waals surface area contributed by atoms with E-state index in [9.17, 15) is 4.79 Å². The smallest absolute Gasteiger partial charge is 0.374 e. The molecule has 0 bridgehead atoms. The molecule has 0 unspecified atom stereocenters. The number of carbonyl (C=O) groups excluding carboxylic acids is 1. The average molecular weight is 326 g/mol. The minimum absolute atomic E-state index is 0.261. The van der Waals surface area contributed by atoms with Crippen molar-refractivity contribution in [1.82, 2.24) is 0 Å². The van der Waals surface area contributed by atoms with Crippen molar-refractivity contribution in [2.45, 2.75) is 71.1 Å². The van der Waals surface area contributed by atoms with Crippen LogP contribution in [-0.4, -0.2) is 34.2 Å². The van der Waals surface area contributed by atoms with Crippen LogP contribution in [0.25, 0.3) is 0 Å². The van der Waals surface area contributed by atoms with Crippen molar-refractivity contribution in [1.29, 1.82) is 0 Å². The first-order valence-corrected chi connectivity index (χ1v) is 9.28. The summed E-state index contributed by atoms with van der Waals surface area (Å²) in [5.74, 6) is 0. The van der Waals surface area contributed by atoms with E-state index in [0.717, 1.165) is 19.3 Å². The Balaban J connectivity index is 0. The Bertz CT molecular complexity index is 246. The number of hydrogen-bond donors (Lipinski definition) is 3. The van der Waals surface area contributed by atoms with Crippen LogP contribution in [0.15, 0.2) is 0 Å². The van der Waals surface area contributed by atoms with Gasteiger partial charge in [-0.3, -0.25) is 0 Å². The molecule has 0 radical (unpaired) electrons. The van der Waals surface area contributed by atoms with E-state index >= 15 is 0 Å². The summed E-state index contributed by atoms with van der Waals surface area (Å²) < 4.78 is 14.0. The molecule has 21 heavy (non-hydrogen) atoms. The second kappa shape index (κ2) is 17.8. The van der Waals surface area contributed by atoms with Gasteiger partial charge in [-0.25, -0.2) is 4.57 Å². The lowest BCUT2D eigenvalue weighted by Crippen LogP contribution is -1.97. The standard InChI is InChI=1S/C14H28O2.H3O4P/c1-2-3-4-5-6-7-8-9-10-11-13-16-14-12-15;1-5(2,3)4/h12H,2-11,13-14H2,1H3;(H3,1,2,3,4). The fourth-order valence-corrected chi connectivity index (χ4v) is 1.82. The molecule has 3 N–H and O–H groups in total. The Morgan fingerprint density at radius 2 is 1.24 bits per heavy atom. The molecule has 0 aliphatic rings. The molecule has 0 aromatic heterocycles. The van der Waals surface area contributed by atoms with E-state index in [1.165, 1.54) is 57.8 Å². The lowest BCUT2D eigenvalue weighted by Gasteiger charge is -2.02. The van der Waals surface area contributed by atoms with Crippen molar-refractivity contribution in [2.24, 2.45) is 0 Å². The zero-order chi connectivity index (χ0) is 16.4. The Kier molecular flexibility index (Phi) is 19.5. The van der Waals surface area contributed by atoms with E-state index in [2.05, 4.69) is 6.92 Å². The molecule has 0 amide bonds. The summed E-state index contributed by atoms with van der Waals surface area (Å²) >= 11 is 0. The molecule has 0 spiro atoms. The quantitative estimate of drug-likeness (QED) is 0.273. The third-order valence-electron chi connectivity index (χ3n) is 2.83. The normalized spacial score (nSPS) is 10.9. The Morgan fingerprint density at radius 1 is 0.857 bits per heavy atom. The lowest BCUT2D eigenvalue weighted by atomic mass is 10.1. The summed E-state index contributed by atoms with van der Waals surface area (Å²) in [6.07, 6.45) is 14.2. The van der Waals surface area contributed by atoms with Crippen molar-refractivity contribution >= 4 is 14.1 Å². The molecule has 0 rings (SSSR count). The van der Waals surface area contributed by atoms with E-state index in [-0.39, 0.29) is 6.61 Å². The molecular weight excluding hydrogens is 295 g/mol. The largest absolute Gasteiger partial charge is 0.466 e. The highest BCUT2D eigenvalue weighted by Gasteiger charge is 2.00. The molecule has 0 saturated carbocycles. The number of aldehydes is 1. The molecule has 6 nitrogen and oxygen atoms in total. The molecule has 0 fully saturated rings. The maximum Gasteiger partial charge on any atom is 0.466 e. The minimum Gasteiger partial charge on any atom is -0.374 e. The zero-order valence-corrected chi connectivity index (χ0v) is 14.0. The first kappa shape index (κ1) is 23.0. The van der Waals surface area contributed by atoms with Gasteiger partial charge in [0.25, 0.3) is 0 Å². The topological polar surface area (TPSA) is 104 Å². The first-order chi connectivity index (χ1) is 9.91. The molecule has 0 aromatic rings. The van der Waals surface area contributed by atoms with Crippen molar-refractivity contribution in [2.75, 3.05) is 13.2 Å². The van der Waals surface area contributed by atoms with Gasteiger partial charge in [-0.15, -0.1) is 0 Å². The number of phosphoric acid groups is 1. The van der Waals surface area contributed by atoms with E-state index in [1.807, 2.05) is 0 Å². The van der Waals surface area contributed by atoms with Crippen LogP contribution in [-0.2, 0) is 14.1 Å². The SMILES string of the molecule is CCCCCCCCCCCCOCC=O.O=P(O)(O)O. The van der Waals surface area contributed by atoms with Crippen molar-refractivity contribution in [3.05, 3.63) is 0 Å². The van der Waals surface area contributed by atoms with Gasteiger partial charge in [-0.05, 0) is 6.42 Å². The fourth-order valence-electron chi connectivity index (χ4n) is 1.82. The summed E-state index contributed by atoms with van der Waals surface area (Å²) in [5, 5.41) is 0.